The largest absolute Gasteiger partial charge is 0.452 e. The summed E-state index contributed by atoms with van der Waals surface area (Å²) >= 11 is 0. The van der Waals surface area contributed by atoms with E-state index in [2.05, 4.69) is 5.32 Å². The molecule has 218 valence electrons. The monoisotopic (exact) mass is 582 g/mol. The predicted octanol–water partition coefficient (Wildman–Crippen LogP) is 2.75. The number of esters is 1. The van der Waals surface area contributed by atoms with Crippen LogP contribution in [0.4, 0.5) is 11.4 Å². The first kappa shape index (κ1) is 28.8. The number of nitrogens with one attached hydrogen (secondary N) is 1. The molecule has 41 heavy (non-hydrogen) atoms. The Morgan fingerprint density at radius 1 is 0.902 bits per heavy atom. The summed E-state index contributed by atoms with van der Waals surface area (Å²) in [4.78, 5) is 28.1. The molecular formula is C29H34N4O7S. The second kappa shape index (κ2) is 12.4. The highest BCUT2D eigenvalue weighted by molar-refractivity contribution is 7.89. The van der Waals surface area contributed by atoms with Gasteiger partial charge in [0.25, 0.3) is 5.91 Å². The number of para-hydroxylation sites is 1. The lowest BCUT2D eigenvalue weighted by Crippen LogP contribution is -2.40. The highest BCUT2D eigenvalue weighted by Crippen LogP contribution is 2.31. The first-order valence-corrected chi connectivity index (χ1v) is 15.0. The average Bonchev–Trinajstić information content (AvgIpc) is 3.30. The van der Waals surface area contributed by atoms with Crippen molar-refractivity contribution < 1.29 is 32.2 Å². The summed E-state index contributed by atoms with van der Waals surface area (Å²) in [5, 5.41) is 2.78. The second-order valence-electron chi connectivity index (χ2n) is 9.87. The number of benzene rings is 2. The molecule has 2 aromatic carbocycles. The fraction of sp³-hybridized carbons (Fsp3) is 0.379. The zero-order chi connectivity index (χ0) is 29.0. The van der Waals surface area contributed by atoms with Crippen molar-refractivity contribution in [3.05, 3.63) is 71.5 Å². The molecule has 3 heterocycles. The Kier molecular flexibility index (Phi) is 8.74. The molecule has 5 rings (SSSR count). The molecule has 2 aliphatic rings. The van der Waals surface area contributed by atoms with Crippen LogP contribution in [0.3, 0.4) is 0 Å². The summed E-state index contributed by atoms with van der Waals surface area (Å²) < 4.78 is 46.1. The number of hydrogen-bond acceptors (Lipinski definition) is 8. The fourth-order valence-electron chi connectivity index (χ4n) is 5.13. The zero-order valence-electron chi connectivity index (χ0n) is 23.2. The molecule has 0 bridgehead atoms. The van der Waals surface area contributed by atoms with Gasteiger partial charge in [-0.3, -0.25) is 4.79 Å². The molecule has 0 atom stereocenters. The van der Waals surface area contributed by atoms with Crippen molar-refractivity contribution in [2.45, 2.75) is 18.7 Å². The van der Waals surface area contributed by atoms with Crippen LogP contribution in [0.2, 0.25) is 0 Å². The number of morpholine rings is 2. The van der Waals surface area contributed by atoms with E-state index in [9.17, 15) is 18.0 Å². The third-order valence-electron chi connectivity index (χ3n) is 7.20. The van der Waals surface area contributed by atoms with Gasteiger partial charge in [-0.2, -0.15) is 4.31 Å². The Bertz CT molecular complexity index is 1510. The molecule has 0 radical (unpaired) electrons. The molecule has 0 aliphatic carbocycles. The van der Waals surface area contributed by atoms with Crippen LogP contribution < -0.4 is 10.2 Å². The summed E-state index contributed by atoms with van der Waals surface area (Å²) in [7, 11) is -3.79. The van der Waals surface area contributed by atoms with Gasteiger partial charge in [0.1, 0.15) is 0 Å². The van der Waals surface area contributed by atoms with Gasteiger partial charge >= 0.3 is 5.97 Å². The van der Waals surface area contributed by atoms with E-state index in [1.807, 2.05) is 53.6 Å². The lowest BCUT2D eigenvalue weighted by molar-refractivity contribution is -0.119. The SMILES string of the molecule is Cc1cc(C(=O)OCC(=O)Nc2cc(S(=O)(=O)N3CCOCC3)ccc2N2CCOCC2)c(C)n1-c1ccccc1. The normalized spacial score (nSPS) is 16.4. The summed E-state index contributed by atoms with van der Waals surface area (Å²) in [6.07, 6.45) is 0. The van der Waals surface area contributed by atoms with Gasteiger partial charge in [0.2, 0.25) is 10.0 Å². The molecule has 12 heteroatoms. The van der Waals surface area contributed by atoms with Crippen LogP contribution in [0.5, 0.6) is 0 Å². The van der Waals surface area contributed by atoms with Crippen LogP contribution in [0.25, 0.3) is 5.69 Å². The first-order valence-electron chi connectivity index (χ1n) is 13.5. The van der Waals surface area contributed by atoms with Crippen molar-refractivity contribution in [1.82, 2.24) is 8.87 Å². The van der Waals surface area contributed by atoms with Crippen molar-refractivity contribution >= 4 is 33.3 Å². The number of aromatic nitrogens is 1. The Hall–Kier alpha value is -3.71. The molecule has 1 N–H and O–H groups in total. The summed E-state index contributed by atoms with van der Waals surface area (Å²) in [5.74, 6) is -1.20. The highest BCUT2D eigenvalue weighted by atomic mass is 32.2. The van der Waals surface area contributed by atoms with Crippen LogP contribution in [0.15, 0.2) is 59.5 Å². The van der Waals surface area contributed by atoms with Gasteiger partial charge < -0.3 is 29.0 Å². The smallest absolute Gasteiger partial charge is 0.340 e. The highest BCUT2D eigenvalue weighted by Gasteiger charge is 2.28. The molecule has 0 unspecified atom stereocenters. The number of hydrogen-bond donors (Lipinski definition) is 1. The Labute approximate surface area is 239 Å². The molecular weight excluding hydrogens is 548 g/mol. The first-order chi connectivity index (χ1) is 19.8. The van der Waals surface area contributed by atoms with Crippen molar-refractivity contribution in [1.29, 1.82) is 0 Å². The fourth-order valence-corrected chi connectivity index (χ4v) is 6.57. The van der Waals surface area contributed by atoms with Crippen LogP contribution in [0.1, 0.15) is 21.7 Å². The number of sulfonamides is 1. The topological polar surface area (TPSA) is 119 Å². The van der Waals surface area contributed by atoms with Crippen molar-refractivity contribution in [2.24, 2.45) is 0 Å². The summed E-state index contributed by atoms with van der Waals surface area (Å²) in [6.45, 7) is 6.57. The van der Waals surface area contributed by atoms with E-state index in [1.54, 1.807) is 18.2 Å². The lowest BCUT2D eigenvalue weighted by Gasteiger charge is -2.31. The maximum Gasteiger partial charge on any atom is 0.340 e. The van der Waals surface area contributed by atoms with Gasteiger partial charge in [0.15, 0.2) is 6.61 Å². The van der Waals surface area contributed by atoms with Gasteiger partial charge in [0, 0.05) is 43.3 Å². The number of anilines is 2. The number of rotatable bonds is 8. The van der Waals surface area contributed by atoms with Gasteiger partial charge in [-0.15, -0.1) is 0 Å². The lowest BCUT2D eigenvalue weighted by atomic mass is 10.2. The minimum atomic E-state index is -3.79. The molecule has 1 amide bonds. The third kappa shape index (κ3) is 6.30. The molecule has 0 saturated carbocycles. The van der Waals surface area contributed by atoms with E-state index < -0.39 is 28.5 Å². The summed E-state index contributed by atoms with van der Waals surface area (Å²) in [5.41, 5.74) is 3.84. The van der Waals surface area contributed by atoms with Gasteiger partial charge in [-0.05, 0) is 50.2 Å². The van der Waals surface area contributed by atoms with Crippen molar-refractivity contribution in [3.8, 4) is 5.69 Å². The number of nitrogens with zero attached hydrogens (tertiary/aromatic N) is 3. The van der Waals surface area contributed by atoms with E-state index in [1.165, 1.54) is 10.4 Å². The van der Waals surface area contributed by atoms with Crippen molar-refractivity contribution in [3.63, 3.8) is 0 Å². The molecule has 11 nitrogen and oxygen atoms in total. The van der Waals surface area contributed by atoms with Crippen LogP contribution in [-0.4, -0.2) is 88.4 Å². The Morgan fingerprint density at radius 2 is 1.56 bits per heavy atom. The molecule has 2 saturated heterocycles. The minimum absolute atomic E-state index is 0.0667. The number of aryl methyl sites for hydroxylation is 1. The Balaban J connectivity index is 1.33. The number of amides is 1. The van der Waals surface area contributed by atoms with E-state index in [0.717, 1.165) is 11.4 Å². The standard InChI is InChI=1S/C29H34N4O7S/c1-21-18-25(22(2)33(21)23-6-4-3-5-7-23)29(35)40-20-28(34)30-26-19-24(41(36,37)32-12-16-39-17-13-32)8-9-27(26)31-10-14-38-15-11-31/h3-9,18-19H,10-17,20H2,1-2H3,(H,30,34). The van der Waals surface area contributed by atoms with Gasteiger partial charge in [-0.25, -0.2) is 13.2 Å². The number of carbonyl (C=O) groups is 2. The van der Waals surface area contributed by atoms with Crippen LogP contribution in [-0.2, 0) is 29.0 Å². The van der Waals surface area contributed by atoms with Crippen LogP contribution in [0, 0.1) is 13.8 Å². The number of ether oxygens (including phenoxy) is 3. The van der Waals surface area contributed by atoms with E-state index in [4.69, 9.17) is 14.2 Å². The van der Waals surface area contributed by atoms with Crippen molar-refractivity contribution in [2.75, 3.05) is 69.4 Å². The maximum absolute atomic E-state index is 13.3. The molecule has 1 aromatic heterocycles. The molecule has 2 fully saturated rings. The van der Waals surface area contributed by atoms with Crippen LogP contribution >= 0.6 is 0 Å². The van der Waals surface area contributed by atoms with Gasteiger partial charge in [-0.1, -0.05) is 18.2 Å². The third-order valence-corrected chi connectivity index (χ3v) is 9.10. The quantitative estimate of drug-likeness (QED) is 0.403. The molecule has 3 aromatic rings. The predicted molar refractivity (Wildman–Crippen MR) is 153 cm³/mol. The Morgan fingerprint density at radius 3 is 2.24 bits per heavy atom. The minimum Gasteiger partial charge on any atom is -0.452 e. The zero-order valence-corrected chi connectivity index (χ0v) is 24.0. The maximum atomic E-state index is 13.3. The summed E-state index contributed by atoms with van der Waals surface area (Å²) in [6, 6.07) is 16.1. The van der Waals surface area contributed by atoms with E-state index >= 15 is 0 Å². The van der Waals surface area contributed by atoms with E-state index in [0.29, 0.717) is 62.1 Å². The second-order valence-corrected chi connectivity index (χ2v) is 11.8. The van der Waals surface area contributed by atoms with E-state index in [-0.39, 0.29) is 18.0 Å². The van der Waals surface area contributed by atoms with Gasteiger partial charge in [0.05, 0.1) is 48.3 Å². The average molecular weight is 583 g/mol. The molecule has 2 aliphatic heterocycles. The molecule has 0 spiro atoms. The number of carbonyl (C=O) groups excluding carboxylic acids is 2.